The molecule has 2 aliphatic carbocycles. The Morgan fingerprint density at radius 1 is 0.955 bits per heavy atom. The van der Waals surface area contributed by atoms with Crippen LogP contribution in [0.2, 0.25) is 0 Å². The summed E-state index contributed by atoms with van der Waals surface area (Å²) in [5.74, 6) is 2.42. The van der Waals surface area contributed by atoms with Gasteiger partial charge in [0.05, 0.1) is 0 Å². The first kappa shape index (κ1) is 14.8. The number of likely N-dealkylation sites (N-methyl/N-ethyl adjacent to an activating group) is 1. The Morgan fingerprint density at radius 2 is 1.64 bits per heavy atom. The van der Waals surface area contributed by atoms with E-state index in [0.717, 1.165) is 23.8 Å². The fourth-order valence-electron chi connectivity index (χ4n) is 6.09. The summed E-state index contributed by atoms with van der Waals surface area (Å²) < 4.78 is 0. The average Bonchev–Trinajstić information content (AvgIpc) is 3.14. The smallest absolute Gasteiger partial charge is 0.0235 e. The summed E-state index contributed by atoms with van der Waals surface area (Å²) in [4.78, 5) is 2.69. The highest BCUT2D eigenvalue weighted by Crippen LogP contribution is 2.59. The predicted octanol–water partition coefficient (Wildman–Crippen LogP) is 5.18. The van der Waals surface area contributed by atoms with Crippen LogP contribution in [0.25, 0.3) is 0 Å². The molecule has 0 amide bonds. The van der Waals surface area contributed by atoms with Crippen LogP contribution in [0, 0.1) is 11.3 Å². The van der Waals surface area contributed by atoms with Crippen LogP contribution in [0.4, 0.5) is 0 Å². The van der Waals surface area contributed by atoms with Gasteiger partial charge in [-0.1, -0.05) is 51.0 Å². The number of fused-ring (bicyclic) bond motifs is 3. The molecule has 1 aromatic carbocycles. The van der Waals surface area contributed by atoms with Crippen LogP contribution in [-0.4, -0.2) is 24.5 Å². The fourth-order valence-corrected chi connectivity index (χ4v) is 6.09. The van der Waals surface area contributed by atoms with Crippen molar-refractivity contribution < 1.29 is 0 Å². The third-order valence-electron chi connectivity index (χ3n) is 7.23. The first-order chi connectivity index (χ1) is 10.6. The first-order valence-corrected chi connectivity index (χ1v) is 9.40. The summed E-state index contributed by atoms with van der Waals surface area (Å²) in [5.41, 5.74) is 3.79. The fraction of sp³-hybridized carbons (Fsp3) is 0.714. The van der Waals surface area contributed by atoms with Crippen LogP contribution < -0.4 is 0 Å². The van der Waals surface area contributed by atoms with E-state index >= 15 is 0 Å². The largest absolute Gasteiger partial charge is 0.302 e. The Kier molecular flexibility index (Phi) is 3.60. The predicted molar refractivity (Wildman–Crippen MR) is 93.3 cm³/mol. The average molecular weight is 297 g/mol. The topological polar surface area (TPSA) is 3.24 Å². The van der Waals surface area contributed by atoms with Gasteiger partial charge in [-0.3, -0.25) is 0 Å². The maximum Gasteiger partial charge on any atom is 0.0235 e. The van der Waals surface area contributed by atoms with Crippen LogP contribution in [0.5, 0.6) is 0 Å². The SMILES string of the molecule is CN1CCCC2c3ccccc3C(C(C)(C)C3CCCC3)C21. The van der Waals surface area contributed by atoms with Crippen LogP contribution in [0.1, 0.15) is 75.3 Å². The molecule has 1 heteroatoms. The highest BCUT2D eigenvalue weighted by Gasteiger charge is 2.52. The summed E-state index contributed by atoms with van der Waals surface area (Å²) in [6.45, 7) is 6.44. The molecule has 1 heterocycles. The molecule has 0 radical (unpaired) electrons. The minimum Gasteiger partial charge on any atom is -0.302 e. The molecular weight excluding hydrogens is 266 g/mol. The lowest BCUT2D eigenvalue weighted by molar-refractivity contribution is 0.0664. The highest BCUT2D eigenvalue weighted by molar-refractivity contribution is 5.43. The van der Waals surface area contributed by atoms with E-state index in [2.05, 4.69) is 50.1 Å². The molecule has 0 N–H and O–H groups in total. The van der Waals surface area contributed by atoms with Crippen LogP contribution in [-0.2, 0) is 0 Å². The Bertz CT molecular complexity index is 541. The van der Waals surface area contributed by atoms with Gasteiger partial charge in [0.1, 0.15) is 0 Å². The van der Waals surface area contributed by atoms with E-state index in [9.17, 15) is 0 Å². The van der Waals surface area contributed by atoms with Crippen molar-refractivity contribution in [3.05, 3.63) is 35.4 Å². The molecule has 22 heavy (non-hydrogen) atoms. The molecule has 0 spiro atoms. The van der Waals surface area contributed by atoms with E-state index in [1.165, 1.54) is 45.1 Å². The van der Waals surface area contributed by atoms with E-state index < -0.39 is 0 Å². The third-order valence-corrected chi connectivity index (χ3v) is 7.23. The second kappa shape index (κ2) is 5.37. The van der Waals surface area contributed by atoms with Crippen molar-refractivity contribution >= 4 is 0 Å². The monoisotopic (exact) mass is 297 g/mol. The number of hydrogen-bond donors (Lipinski definition) is 0. The van der Waals surface area contributed by atoms with Crippen molar-refractivity contribution in [1.82, 2.24) is 4.90 Å². The molecule has 3 aliphatic rings. The maximum absolute atomic E-state index is 2.69. The molecule has 1 saturated heterocycles. The van der Waals surface area contributed by atoms with Gasteiger partial charge in [-0.25, -0.2) is 0 Å². The van der Waals surface area contributed by atoms with E-state index in [0.29, 0.717) is 5.41 Å². The van der Waals surface area contributed by atoms with Gasteiger partial charge >= 0.3 is 0 Å². The minimum atomic E-state index is 0.428. The molecule has 120 valence electrons. The first-order valence-electron chi connectivity index (χ1n) is 9.40. The molecule has 1 aliphatic heterocycles. The van der Waals surface area contributed by atoms with Gasteiger partial charge in [0.2, 0.25) is 0 Å². The Balaban J connectivity index is 1.78. The van der Waals surface area contributed by atoms with Crippen molar-refractivity contribution in [2.75, 3.05) is 13.6 Å². The molecular formula is C21H31N. The van der Waals surface area contributed by atoms with Crippen LogP contribution in [0.3, 0.4) is 0 Å². The summed E-state index contributed by atoms with van der Waals surface area (Å²) in [7, 11) is 2.38. The quantitative estimate of drug-likeness (QED) is 0.727. The highest BCUT2D eigenvalue weighted by atomic mass is 15.2. The number of piperidine rings is 1. The zero-order chi connectivity index (χ0) is 15.3. The Labute approximate surface area is 136 Å². The van der Waals surface area contributed by atoms with Crippen LogP contribution in [0.15, 0.2) is 24.3 Å². The van der Waals surface area contributed by atoms with Gasteiger partial charge in [-0.2, -0.15) is 0 Å². The summed E-state index contributed by atoms with van der Waals surface area (Å²) in [6.07, 6.45) is 8.56. The van der Waals surface area contributed by atoms with Crippen LogP contribution >= 0.6 is 0 Å². The molecule has 1 nitrogen and oxygen atoms in total. The number of hydrogen-bond acceptors (Lipinski definition) is 1. The zero-order valence-electron chi connectivity index (χ0n) is 14.5. The zero-order valence-corrected chi connectivity index (χ0v) is 14.5. The van der Waals surface area contributed by atoms with Gasteiger partial charge in [-0.05, 0) is 61.7 Å². The molecule has 3 unspecified atom stereocenters. The normalized spacial score (nSPS) is 33.0. The lowest BCUT2D eigenvalue weighted by Crippen LogP contribution is -2.47. The molecule has 1 aromatic rings. The molecule has 0 bridgehead atoms. The third kappa shape index (κ3) is 2.08. The Hall–Kier alpha value is -0.820. The number of benzene rings is 1. The molecule has 3 atom stereocenters. The van der Waals surface area contributed by atoms with E-state index in [1.807, 2.05) is 0 Å². The number of rotatable bonds is 2. The standard InChI is InChI=1S/C21H31N/c1-21(2,15-9-4-5-10-15)19-17-12-7-6-11-16(17)18-13-8-14-22(3)20(18)19/h6-7,11-12,15,18-20H,4-5,8-10,13-14H2,1-3H3. The second-order valence-corrected chi connectivity index (χ2v) is 8.63. The summed E-state index contributed by atoms with van der Waals surface area (Å²) in [6, 6.07) is 10.1. The van der Waals surface area contributed by atoms with Crippen molar-refractivity contribution in [3.8, 4) is 0 Å². The summed E-state index contributed by atoms with van der Waals surface area (Å²) >= 11 is 0. The number of nitrogens with zero attached hydrogens (tertiary/aromatic N) is 1. The second-order valence-electron chi connectivity index (χ2n) is 8.63. The van der Waals surface area contributed by atoms with Gasteiger partial charge in [0.25, 0.3) is 0 Å². The van der Waals surface area contributed by atoms with E-state index in [1.54, 1.807) is 11.1 Å². The minimum absolute atomic E-state index is 0.428. The molecule has 4 rings (SSSR count). The molecule has 2 fully saturated rings. The lowest BCUT2D eigenvalue weighted by Gasteiger charge is -2.47. The van der Waals surface area contributed by atoms with Crippen molar-refractivity contribution in [3.63, 3.8) is 0 Å². The lowest BCUT2D eigenvalue weighted by atomic mass is 9.64. The van der Waals surface area contributed by atoms with E-state index in [-0.39, 0.29) is 0 Å². The van der Waals surface area contributed by atoms with Gasteiger partial charge in [-0.15, -0.1) is 0 Å². The van der Waals surface area contributed by atoms with E-state index in [4.69, 9.17) is 0 Å². The number of likely N-dealkylation sites (tertiary alicyclic amines) is 1. The van der Waals surface area contributed by atoms with Gasteiger partial charge < -0.3 is 4.90 Å². The molecule has 1 saturated carbocycles. The van der Waals surface area contributed by atoms with Crippen molar-refractivity contribution in [2.45, 2.75) is 70.3 Å². The Morgan fingerprint density at radius 3 is 2.36 bits per heavy atom. The van der Waals surface area contributed by atoms with Crippen molar-refractivity contribution in [1.29, 1.82) is 0 Å². The van der Waals surface area contributed by atoms with Crippen molar-refractivity contribution in [2.24, 2.45) is 11.3 Å². The van der Waals surface area contributed by atoms with Gasteiger partial charge in [0.15, 0.2) is 0 Å². The van der Waals surface area contributed by atoms with Gasteiger partial charge in [0, 0.05) is 17.9 Å². The summed E-state index contributed by atoms with van der Waals surface area (Å²) in [5, 5.41) is 0. The molecule has 0 aromatic heterocycles. The maximum atomic E-state index is 2.69.